The third-order valence-electron chi connectivity index (χ3n) is 4.27. The molecule has 1 amide bonds. The predicted molar refractivity (Wildman–Crippen MR) is 103 cm³/mol. The van der Waals surface area contributed by atoms with E-state index >= 15 is 0 Å². The molecule has 1 N–H and O–H groups in total. The Bertz CT molecular complexity index is 813. The van der Waals surface area contributed by atoms with Gasteiger partial charge in [0.05, 0.1) is 16.8 Å². The molecule has 2 aromatic carbocycles. The monoisotopic (exact) mass is 394 g/mol. The molecule has 7 heteroatoms. The molecule has 5 nitrogen and oxygen atoms in total. The Morgan fingerprint density at radius 3 is 2.65 bits per heavy atom. The summed E-state index contributed by atoms with van der Waals surface area (Å²) in [6, 6.07) is 10.4. The van der Waals surface area contributed by atoms with Crippen molar-refractivity contribution in [3.63, 3.8) is 0 Å². The van der Waals surface area contributed by atoms with Gasteiger partial charge in [-0.05, 0) is 49.9 Å². The third kappa shape index (κ3) is 4.41. The van der Waals surface area contributed by atoms with Crippen molar-refractivity contribution in [3.05, 3.63) is 52.0 Å². The van der Waals surface area contributed by atoms with E-state index in [1.54, 1.807) is 18.2 Å². The van der Waals surface area contributed by atoms with E-state index in [0.29, 0.717) is 35.5 Å². The van der Waals surface area contributed by atoms with Gasteiger partial charge in [-0.2, -0.15) is 0 Å². The molecular weight excluding hydrogens is 375 g/mol. The summed E-state index contributed by atoms with van der Waals surface area (Å²) in [6.07, 6.45) is 0. The minimum atomic E-state index is -0.363. The second kappa shape index (κ2) is 8.16. The predicted octanol–water partition coefficient (Wildman–Crippen LogP) is 4.22. The van der Waals surface area contributed by atoms with Crippen LogP contribution in [0.2, 0.25) is 10.0 Å². The summed E-state index contributed by atoms with van der Waals surface area (Å²) in [4.78, 5) is 14.5. The van der Waals surface area contributed by atoms with Crippen LogP contribution in [0.1, 0.15) is 12.5 Å². The van der Waals surface area contributed by atoms with Crippen LogP contribution in [0.25, 0.3) is 0 Å². The number of halogens is 2. The summed E-state index contributed by atoms with van der Waals surface area (Å²) in [5.41, 5.74) is 1.54. The van der Waals surface area contributed by atoms with E-state index in [4.69, 9.17) is 32.7 Å². The summed E-state index contributed by atoms with van der Waals surface area (Å²) < 4.78 is 11.1. The lowest BCUT2D eigenvalue weighted by atomic mass is 10.1. The molecule has 2 aromatic rings. The minimum absolute atomic E-state index is 0.158. The first-order valence-electron chi connectivity index (χ1n) is 8.28. The Balaban J connectivity index is 1.64. The fourth-order valence-electron chi connectivity index (χ4n) is 2.64. The van der Waals surface area contributed by atoms with Crippen LogP contribution in [-0.2, 0) is 11.3 Å². The fraction of sp³-hybridized carbons (Fsp3) is 0.316. The number of benzene rings is 2. The lowest BCUT2D eigenvalue weighted by Gasteiger charge is -2.25. The molecular formula is C19H20Cl2N2O3. The zero-order valence-corrected chi connectivity index (χ0v) is 16.1. The number of ether oxygens (including phenoxy) is 2. The second-order valence-electron chi connectivity index (χ2n) is 6.18. The van der Waals surface area contributed by atoms with Crippen LogP contribution in [0, 0.1) is 0 Å². The van der Waals surface area contributed by atoms with Crippen molar-refractivity contribution in [3.8, 4) is 11.5 Å². The van der Waals surface area contributed by atoms with Crippen LogP contribution in [0.3, 0.4) is 0 Å². The van der Waals surface area contributed by atoms with E-state index in [1.165, 1.54) is 0 Å². The lowest BCUT2D eigenvalue weighted by molar-refractivity contribution is -0.120. The van der Waals surface area contributed by atoms with Crippen LogP contribution in [0.5, 0.6) is 11.5 Å². The highest BCUT2D eigenvalue weighted by atomic mass is 35.5. The summed E-state index contributed by atoms with van der Waals surface area (Å²) >= 11 is 12.1. The first-order valence-corrected chi connectivity index (χ1v) is 9.04. The Morgan fingerprint density at radius 2 is 1.88 bits per heavy atom. The fourth-order valence-corrected chi connectivity index (χ4v) is 2.98. The highest BCUT2D eigenvalue weighted by Gasteiger charge is 2.20. The minimum Gasteiger partial charge on any atom is -0.486 e. The number of nitrogens with zero attached hydrogens (tertiary/aromatic N) is 1. The molecule has 1 heterocycles. The number of fused-ring (bicyclic) bond motifs is 1. The Kier molecular flexibility index (Phi) is 5.91. The molecule has 3 rings (SSSR count). The van der Waals surface area contributed by atoms with Crippen LogP contribution >= 0.6 is 23.2 Å². The largest absolute Gasteiger partial charge is 0.486 e. The quantitative estimate of drug-likeness (QED) is 0.824. The van der Waals surface area contributed by atoms with Gasteiger partial charge in [-0.3, -0.25) is 9.69 Å². The third-order valence-corrected chi connectivity index (χ3v) is 4.83. The number of hydrogen-bond acceptors (Lipinski definition) is 4. The van der Waals surface area contributed by atoms with E-state index in [2.05, 4.69) is 5.32 Å². The average Bonchev–Trinajstić information content (AvgIpc) is 2.64. The van der Waals surface area contributed by atoms with Crippen molar-refractivity contribution in [1.29, 1.82) is 0 Å². The molecule has 0 aromatic heterocycles. The second-order valence-corrected chi connectivity index (χ2v) is 7.03. The molecule has 0 radical (unpaired) electrons. The van der Waals surface area contributed by atoms with Gasteiger partial charge in [0.2, 0.25) is 5.91 Å². The summed E-state index contributed by atoms with van der Waals surface area (Å²) in [5.74, 6) is 1.34. The standard InChI is InChI=1S/C19H20Cl2N2O3/c1-12(19(24)22-16-10-14(20)4-5-15(16)21)23(2)11-13-3-6-17-18(9-13)26-8-7-25-17/h3-6,9-10,12H,7-8,11H2,1-2H3,(H,22,24)/t12-/m1/s1. The number of carbonyl (C=O) groups excluding carboxylic acids is 1. The van der Waals surface area contributed by atoms with Crippen molar-refractivity contribution in [1.82, 2.24) is 4.90 Å². The van der Waals surface area contributed by atoms with E-state index in [9.17, 15) is 4.79 Å². The first kappa shape index (κ1) is 18.8. The average molecular weight is 395 g/mol. The molecule has 138 valence electrons. The van der Waals surface area contributed by atoms with Gasteiger partial charge in [0, 0.05) is 11.6 Å². The summed E-state index contributed by atoms with van der Waals surface area (Å²) in [5, 5.41) is 3.79. The van der Waals surface area contributed by atoms with Gasteiger partial charge in [0.1, 0.15) is 13.2 Å². The van der Waals surface area contributed by atoms with E-state index in [1.807, 2.05) is 37.1 Å². The van der Waals surface area contributed by atoms with Gasteiger partial charge in [-0.15, -0.1) is 0 Å². The van der Waals surface area contributed by atoms with E-state index < -0.39 is 0 Å². The number of hydrogen-bond donors (Lipinski definition) is 1. The Hall–Kier alpha value is -1.95. The normalized spacial score (nSPS) is 14.2. The zero-order valence-electron chi connectivity index (χ0n) is 14.6. The summed E-state index contributed by atoms with van der Waals surface area (Å²) in [7, 11) is 1.89. The molecule has 0 aliphatic carbocycles. The lowest BCUT2D eigenvalue weighted by Crippen LogP contribution is -2.39. The first-order chi connectivity index (χ1) is 12.4. The Morgan fingerprint density at radius 1 is 1.15 bits per heavy atom. The highest BCUT2D eigenvalue weighted by Crippen LogP contribution is 2.31. The van der Waals surface area contributed by atoms with Crippen LogP contribution in [0.4, 0.5) is 5.69 Å². The van der Waals surface area contributed by atoms with Crippen molar-refractivity contribution in [2.24, 2.45) is 0 Å². The molecule has 26 heavy (non-hydrogen) atoms. The molecule has 1 aliphatic heterocycles. The molecule has 0 spiro atoms. The van der Waals surface area contributed by atoms with Crippen LogP contribution < -0.4 is 14.8 Å². The SMILES string of the molecule is C[C@H](C(=O)Nc1cc(Cl)ccc1Cl)N(C)Cc1ccc2c(c1)OCCO2. The van der Waals surface area contributed by atoms with Crippen molar-refractivity contribution >= 4 is 34.8 Å². The molecule has 1 atom stereocenters. The van der Waals surface area contributed by atoms with Crippen molar-refractivity contribution in [2.75, 3.05) is 25.6 Å². The van der Waals surface area contributed by atoms with Gasteiger partial charge in [-0.25, -0.2) is 0 Å². The van der Waals surface area contributed by atoms with Crippen LogP contribution in [0.15, 0.2) is 36.4 Å². The van der Waals surface area contributed by atoms with Gasteiger partial charge in [0.15, 0.2) is 11.5 Å². The zero-order chi connectivity index (χ0) is 18.7. The van der Waals surface area contributed by atoms with Gasteiger partial charge in [0.25, 0.3) is 0 Å². The van der Waals surface area contributed by atoms with Crippen molar-refractivity contribution < 1.29 is 14.3 Å². The number of rotatable bonds is 5. The number of likely N-dealkylation sites (N-methyl/N-ethyl adjacent to an activating group) is 1. The number of nitrogens with one attached hydrogen (secondary N) is 1. The Labute approximate surface area is 162 Å². The topological polar surface area (TPSA) is 50.8 Å². The van der Waals surface area contributed by atoms with E-state index in [-0.39, 0.29) is 11.9 Å². The molecule has 0 saturated heterocycles. The maximum Gasteiger partial charge on any atom is 0.241 e. The highest BCUT2D eigenvalue weighted by molar-refractivity contribution is 6.35. The molecule has 1 aliphatic rings. The molecule has 0 fully saturated rings. The maximum absolute atomic E-state index is 12.5. The smallest absolute Gasteiger partial charge is 0.241 e. The van der Waals surface area contributed by atoms with E-state index in [0.717, 1.165) is 17.1 Å². The van der Waals surface area contributed by atoms with Gasteiger partial charge >= 0.3 is 0 Å². The molecule has 0 unspecified atom stereocenters. The number of carbonyl (C=O) groups is 1. The maximum atomic E-state index is 12.5. The van der Waals surface area contributed by atoms with Gasteiger partial charge < -0.3 is 14.8 Å². The van der Waals surface area contributed by atoms with Crippen molar-refractivity contribution in [2.45, 2.75) is 19.5 Å². The summed E-state index contributed by atoms with van der Waals surface area (Å²) in [6.45, 7) is 3.54. The number of amides is 1. The number of anilines is 1. The molecule has 0 saturated carbocycles. The molecule has 0 bridgehead atoms. The van der Waals surface area contributed by atoms with Crippen LogP contribution in [-0.4, -0.2) is 37.1 Å². The van der Waals surface area contributed by atoms with Gasteiger partial charge in [-0.1, -0.05) is 29.3 Å².